The Bertz CT molecular complexity index is 698. The largest absolute Gasteiger partial charge is 0.450 e. The summed E-state index contributed by atoms with van der Waals surface area (Å²) in [5, 5.41) is 11.2. The molecule has 1 aromatic carbocycles. The SMILES string of the molecule is CCOC(=O)N1CCN(C(=O)[C@@H](c2ccccc2)n2cnnn2)CC1. The molecule has 1 atom stereocenters. The lowest BCUT2D eigenvalue weighted by Crippen LogP contribution is -2.52. The van der Waals surface area contributed by atoms with Crippen molar-refractivity contribution in [1.82, 2.24) is 30.0 Å². The first kappa shape index (κ1) is 16.9. The molecular formula is C16H20N6O3. The van der Waals surface area contributed by atoms with Crippen molar-refractivity contribution in [2.75, 3.05) is 32.8 Å². The number of rotatable bonds is 4. The lowest BCUT2D eigenvalue weighted by atomic mass is 10.1. The summed E-state index contributed by atoms with van der Waals surface area (Å²) in [7, 11) is 0. The summed E-state index contributed by atoms with van der Waals surface area (Å²) in [6.07, 6.45) is 1.10. The highest BCUT2D eigenvalue weighted by atomic mass is 16.6. The minimum atomic E-state index is -0.620. The van der Waals surface area contributed by atoms with E-state index in [1.165, 1.54) is 11.0 Å². The highest BCUT2D eigenvalue weighted by Crippen LogP contribution is 2.20. The predicted octanol–water partition coefficient (Wildman–Crippen LogP) is 0.563. The molecule has 0 saturated carbocycles. The number of hydrogen-bond acceptors (Lipinski definition) is 6. The van der Waals surface area contributed by atoms with Gasteiger partial charge in [-0.05, 0) is 22.9 Å². The normalized spacial score (nSPS) is 15.7. The second kappa shape index (κ2) is 7.73. The van der Waals surface area contributed by atoms with Crippen LogP contribution in [0.25, 0.3) is 0 Å². The van der Waals surface area contributed by atoms with Crippen molar-refractivity contribution in [2.24, 2.45) is 0 Å². The molecule has 9 heteroatoms. The third-order valence-corrected chi connectivity index (χ3v) is 4.10. The van der Waals surface area contributed by atoms with Gasteiger partial charge in [0.25, 0.3) is 5.91 Å². The van der Waals surface area contributed by atoms with Gasteiger partial charge in [0.15, 0.2) is 6.04 Å². The summed E-state index contributed by atoms with van der Waals surface area (Å²) in [5.74, 6) is -0.0954. The molecule has 132 valence electrons. The number of hydrogen-bond donors (Lipinski definition) is 0. The van der Waals surface area contributed by atoms with E-state index in [1.54, 1.807) is 16.7 Å². The molecule has 3 rings (SSSR count). The molecule has 0 spiro atoms. The average molecular weight is 344 g/mol. The maximum absolute atomic E-state index is 13.1. The van der Waals surface area contributed by atoms with E-state index in [-0.39, 0.29) is 12.0 Å². The van der Waals surface area contributed by atoms with E-state index in [9.17, 15) is 9.59 Å². The van der Waals surface area contributed by atoms with Gasteiger partial charge >= 0.3 is 6.09 Å². The minimum Gasteiger partial charge on any atom is -0.450 e. The molecule has 0 N–H and O–H groups in total. The second-order valence-corrected chi connectivity index (χ2v) is 5.61. The monoisotopic (exact) mass is 344 g/mol. The van der Waals surface area contributed by atoms with Gasteiger partial charge in [-0.3, -0.25) is 4.79 Å². The average Bonchev–Trinajstić information content (AvgIpc) is 3.17. The van der Waals surface area contributed by atoms with Crippen LogP contribution in [0.3, 0.4) is 0 Å². The lowest BCUT2D eigenvalue weighted by Gasteiger charge is -2.35. The van der Waals surface area contributed by atoms with Gasteiger partial charge in [0.2, 0.25) is 0 Å². The zero-order valence-electron chi connectivity index (χ0n) is 14.0. The summed E-state index contributed by atoms with van der Waals surface area (Å²) in [4.78, 5) is 28.2. The first-order valence-electron chi connectivity index (χ1n) is 8.18. The first-order chi connectivity index (χ1) is 12.2. The van der Waals surface area contributed by atoms with E-state index in [1.807, 2.05) is 30.3 Å². The van der Waals surface area contributed by atoms with Crippen LogP contribution in [0.1, 0.15) is 18.5 Å². The third-order valence-electron chi connectivity index (χ3n) is 4.10. The number of piperazine rings is 1. The fraction of sp³-hybridized carbons (Fsp3) is 0.438. The zero-order valence-corrected chi connectivity index (χ0v) is 14.0. The predicted molar refractivity (Wildman–Crippen MR) is 87.6 cm³/mol. The molecule has 9 nitrogen and oxygen atoms in total. The van der Waals surface area contributed by atoms with E-state index >= 15 is 0 Å². The van der Waals surface area contributed by atoms with Crippen LogP contribution < -0.4 is 0 Å². The first-order valence-corrected chi connectivity index (χ1v) is 8.18. The molecule has 25 heavy (non-hydrogen) atoms. The van der Waals surface area contributed by atoms with Gasteiger partial charge in [0.1, 0.15) is 6.33 Å². The van der Waals surface area contributed by atoms with Crippen LogP contribution in [-0.4, -0.2) is 74.8 Å². The number of ether oxygens (including phenoxy) is 1. The van der Waals surface area contributed by atoms with Crippen LogP contribution in [-0.2, 0) is 9.53 Å². The zero-order chi connectivity index (χ0) is 17.6. The fourth-order valence-corrected chi connectivity index (χ4v) is 2.83. The molecule has 1 saturated heterocycles. The number of tetrazole rings is 1. The summed E-state index contributed by atoms with van der Waals surface area (Å²) in [5.41, 5.74) is 0.813. The quantitative estimate of drug-likeness (QED) is 0.805. The van der Waals surface area contributed by atoms with Crippen LogP contribution >= 0.6 is 0 Å². The molecule has 0 aliphatic carbocycles. The highest BCUT2D eigenvalue weighted by Gasteiger charge is 2.32. The Morgan fingerprint density at radius 3 is 2.40 bits per heavy atom. The number of carbonyl (C=O) groups excluding carboxylic acids is 2. The van der Waals surface area contributed by atoms with E-state index in [4.69, 9.17) is 4.74 Å². The summed E-state index contributed by atoms with van der Waals surface area (Å²) in [6.45, 7) is 3.90. The molecule has 0 unspecified atom stereocenters. The Hall–Kier alpha value is -2.97. The van der Waals surface area contributed by atoms with Gasteiger partial charge in [-0.15, -0.1) is 5.10 Å². The van der Waals surface area contributed by atoms with Crippen molar-refractivity contribution in [1.29, 1.82) is 0 Å². The van der Waals surface area contributed by atoms with Crippen molar-refractivity contribution >= 4 is 12.0 Å². The Morgan fingerprint density at radius 1 is 1.12 bits per heavy atom. The molecule has 1 aliphatic heterocycles. The van der Waals surface area contributed by atoms with Crippen molar-refractivity contribution in [3.63, 3.8) is 0 Å². The van der Waals surface area contributed by atoms with Crippen molar-refractivity contribution in [3.8, 4) is 0 Å². The number of carbonyl (C=O) groups is 2. The summed E-state index contributed by atoms with van der Waals surface area (Å²) >= 11 is 0. The number of benzene rings is 1. The number of aromatic nitrogens is 4. The summed E-state index contributed by atoms with van der Waals surface area (Å²) < 4.78 is 6.46. The molecule has 0 radical (unpaired) electrons. The Morgan fingerprint density at radius 2 is 1.80 bits per heavy atom. The van der Waals surface area contributed by atoms with Crippen LogP contribution in [0.5, 0.6) is 0 Å². The standard InChI is InChI=1S/C16H20N6O3/c1-2-25-16(24)21-10-8-20(9-11-21)15(23)14(22-12-17-18-19-22)13-6-4-3-5-7-13/h3-7,12,14H,2,8-11H2,1H3/t14-/m1/s1. The molecule has 1 aliphatic rings. The van der Waals surface area contributed by atoms with Crippen LogP contribution in [0.4, 0.5) is 4.79 Å². The maximum atomic E-state index is 13.1. The molecule has 1 aromatic heterocycles. The Labute approximate surface area is 145 Å². The fourth-order valence-electron chi connectivity index (χ4n) is 2.83. The van der Waals surface area contributed by atoms with Crippen LogP contribution in [0, 0.1) is 0 Å². The van der Waals surface area contributed by atoms with Crippen molar-refractivity contribution < 1.29 is 14.3 Å². The van der Waals surface area contributed by atoms with Gasteiger partial charge in [0, 0.05) is 26.2 Å². The highest BCUT2D eigenvalue weighted by molar-refractivity contribution is 5.84. The molecule has 2 aromatic rings. The molecular weight excluding hydrogens is 324 g/mol. The number of nitrogens with zero attached hydrogens (tertiary/aromatic N) is 6. The van der Waals surface area contributed by atoms with E-state index in [2.05, 4.69) is 15.5 Å². The Kier molecular flexibility index (Phi) is 5.22. The van der Waals surface area contributed by atoms with Crippen LogP contribution in [0.15, 0.2) is 36.7 Å². The van der Waals surface area contributed by atoms with Gasteiger partial charge in [-0.2, -0.15) is 0 Å². The van der Waals surface area contributed by atoms with Gasteiger partial charge in [-0.25, -0.2) is 9.48 Å². The van der Waals surface area contributed by atoms with E-state index in [0.717, 1.165) is 5.56 Å². The second-order valence-electron chi connectivity index (χ2n) is 5.61. The van der Waals surface area contributed by atoms with Gasteiger partial charge < -0.3 is 14.5 Å². The van der Waals surface area contributed by atoms with E-state index in [0.29, 0.717) is 32.8 Å². The smallest absolute Gasteiger partial charge is 0.409 e. The van der Waals surface area contributed by atoms with Crippen LogP contribution in [0.2, 0.25) is 0 Å². The topological polar surface area (TPSA) is 93.5 Å². The minimum absolute atomic E-state index is 0.0954. The molecule has 1 fully saturated rings. The van der Waals surface area contributed by atoms with Gasteiger partial charge in [-0.1, -0.05) is 30.3 Å². The third kappa shape index (κ3) is 3.76. The lowest BCUT2D eigenvalue weighted by molar-refractivity contribution is -0.135. The van der Waals surface area contributed by atoms with Crippen molar-refractivity contribution in [3.05, 3.63) is 42.2 Å². The van der Waals surface area contributed by atoms with Gasteiger partial charge in [0.05, 0.1) is 6.61 Å². The Balaban J connectivity index is 1.73. The molecule has 2 amide bonds. The maximum Gasteiger partial charge on any atom is 0.409 e. The summed E-state index contributed by atoms with van der Waals surface area (Å²) in [6, 6.07) is 8.77. The number of amides is 2. The van der Waals surface area contributed by atoms with E-state index < -0.39 is 6.04 Å². The van der Waals surface area contributed by atoms with Crippen molar-refractivity contribution in [2.45, 2.75) is 13.0 Å². The molecule has 0 bridgehead atoms. The molecule has 2 heterocycles.